The van der Waals surface area contributed by atoms with Gasteiger partial charge < -0.3 is 61.3 Å². The van der Waals surface area contributed by atoms with E-state index in [2.05, 4.69) is 40.1 Å². The fourth-order valence-electron chi connectivity index (χ4n) is 6.54. The number of likely N-dealkylation sites (tertiary alicyclic amines) is 1. The van der Waals surface area contributed by atoms with E-state index < -0.39 is 62.0 Å². The number of hydrogen-bond donors (Lipinski definition) is 11. The molecule has 2 aromatic rings. The standard InChI is InChI=1S/C32H55N5O11/c1-4-36-19(3)37(5-2)23-14-20(6-7-22(23)36)32(48)33-10-13-34-11-8-21(9-12-34)35(15-24(40)28(44)30(46)26(42)17-38)16-25(41)29(45)31(47)27(43)18-39/h6-7,14,21,24-31,38-47H,4-5,8-13,15-18H2,1-3H3/p+1/t24-,25-,26+,27+,28+,29+,30+,31+/m0/s1. The quantitative estimate of drug-likeness (QED) is 0.0627. The van der Waals surface area contributed by atoms with Crippen LogP contribution in [0.1, 0.15) is 42.9 Å². The molecule has 1 saturated heterocycles. The minimum absolute atomic E-state index is 0.176. The molecule has 8 atom stereocenters. The summed E-state index contributed by atoms with van der Waals surface area (Å²) in [5.41, 5.74) is 2.65. The molecule has 274 valence electrons. The van der Waals surface area contributed by atoms with E-state index in [1.807, 2.05) is 18.2 Å². The highest BCUT2D eigenvalue weighted by molar-refractivity contribution is 5.97. The molecule has 0 unspecified atom stereocenters. The molecule has 0 spiro atoms. The van der Waals surface area contributed by atoms with Crippen LogP contribution in [0.15, 0.2) is 18.2 Å². The van der Waals surface area contributed by atoms with Gasteiger partial charge in [-0.3, -0.25) is 9.69 Å². The number of nitrogens with zero attached hydrogens (tertiary/aromatic N) is 4. The van der Waals surface area contributed by atoms with Gasteiger partial charge in [0.05, 0.1) is 38.5 Å². The maximum atomic E-state index is 13.0. The lowest BCUT2D eigenvalue weighted by Crippen LogP contribution is -2.56. The van der Waals surface area contributed by atoms with Crippen molar-refractivity contribution in [1.29, 1.82) is 0 Å². The Bertz CT molecular complexity index is 1260. The van der Waals surface area contributed by atoms with Crippen molar-refractivity contribution in [2.24, 2.45) is 0 Å². The van der Waals surface area contributed by atoms with E-state index in [-0.39, 0.29) is 25.0 Å². The van der Waals surface area contributed by atoms with Crippen LogP contribution in [-0.4, -0.2) is 179 Å². The van der Waals surface area contributed by atoms with Gasteiger partial charge in [-0.2, -0.15) is 0 Å². The topological polar surface area (TPSA) is 247 Å². The van der Waals surface area contributed by atoms with E-state index in [0.29, 0.717) is 44.6 Å². The average molecular weight is 687 g/mol. The molecule has 0 bridgehead atoms. The molecule has 1 fully saturated rings. The highest BCUT2D eigenvalue weighted by atomic mass is 16.4. The van der Waals surface area contributed by atoms with Crippen molar-refractivity contribution in [2.75, 3.05) is 52.5 Å². The van der Waals surface area contributed by atoms with Crippen LogP contribution < -0.4 is 9.88 Å². The SMILES string of the molecule is CCn1c(C)[n+](CC)c2ccc(C(=O)NCCN3CCC(N(C[C@H](O)[C@@H](O)[C@H](O)[C@H](O)CO)C[C@H](O)[C@@H](O)[C@H](O)[C@H](O)CO)CC3)cc21. The summed E-state index contributed by atoms with van der Waals surface area (Å²) in [6.07, 6.45) is -13.0. The van der Waals surface area contributed by atoms with Gasteiger partial charge in [-0.05, 0) is 51.9 Å². The highest BCUT2D eigenvalue weighted by Crippen LogP contribution is 2.21. The van der Waals surface area contributed by atoms with E-state index in [0.717, 1.165) is 29.9 Å². The monoisotopic (exact) mass is 686 g/mol. The maximum Gasteiger partial charge on any atom is 0.254 e. The first-order valence-corrected chi connectivity index (χ1v) is 16.7. The van der Waals surface area contributed by atoms with Gasteiger partial charge in [0, 0.05) is 50.8 Å². The molecule has 1 amide bonds. The second-order valence-electron chi connectivity index (χ2n) is 12.6. The smallest absolute Gasteiger partial charge is 0.254 e. The third-order valence-corrected chi connectivity index (χ3v) is 9.51. The van der Waals surface area contributed by atoms with Crippen LogP contribution in [0.2, 0.25) is 0 Å². The Kier molecular flexibility index (Phi) is 15.6. The number of piperidine rings is 1. The highest BCUT2D eigenvalue weighted by Gasteiger charge is 2.37. The number of benzene rings is 1. The molecule has 2 heterocycles. The number of aliphatic hydroxyl groups is 10. The van der Waals surface area contributed by atoms with E-state index in [1.54, 1.807) is 4.90 Å². The Hall–Kier alpha value is -2.32. The molecule has 11 N–H and O–H groups in total. The van der Waals surface area contributed by atoms with Crippen LogP contribution in [0.25, 0.3) is 11.0 Å². The molecule has 48 heavy (non-hydrogen) atoms. The van der Waals surface area contributed by atoms with Crippen LogP contribution in [0.3, 0.4) is 0 Å². The molecule has 0 saturated carbocycles. The Morgan fingerprint density at radius 1 is 0.875 bits per heavy atom. The predicted molar refractivity (Wildman–Crippen MR) is 174 cm³/mol. The number of fused-ring (bicyclic) bond motifs is 1. The van der Waals surface area contributed by atoms with Crippen LogP contribution in [-0.2, 0) is 13.1 Å². The molecule has 16 nitrogen and oxygen atoms in total. The van der Waals surface area contributed by atoms with E-state index in [9.17, 15) is 45.6 Å². The molecule has 0 aliphatic carbocycles. The molecule has 1 aliphatic heterocycles. The molecular formula is C32H56N5O11+. The van der Waals surface area contributed by atoms with Crippen molar-refractivity contribution in [3.8, 4) is 0 Å². The number of aryl methyl sites for hydroxylation is 2. The van der Waals surface area contributed by atoms with Gasteiger partial charge in [0.1, 0.15) is 36.6 Å². The van der Waals surface area contributed by atoms with Crippen molar-refractivity contribution in [1.82, 2.24) is 19.7 Å². The van der Waals surface area contributed by atoms with Gasteiger partial charge in [0.2, 0.25) is 0 Å². The number of nitrogens with one attached hydrogen (secondary N) is 1. The van der Waals surface area contributed by atoms with Crippen molar-refractivity contribution in [3.63, 3.8) is 0 Å². The molecule has 1 aromatic heterocycles. The Morgan fingerprint density at radius 3 is 1.88 bits per heavy atom. The first kappa shape index (κ1) is 40.1. The Balaban J connectivity index is 1.60. The number of carbonyl (C=O) groups excluding carboxylic acids is 1. The summed E-state index contributed by atoms with van der Waals surface area (Å²) in [4.78, 5) is 16.8. The van der Waals surface area contributed by atoms with Crippen molar-refractivity contribution in [2.45, 2.75) is 102 Å². The summed E-state index contributed by atoms with van der Waals surface area (Å²) in [5, 5.41) is 103. The summed E-state index contributed by atoms with van der Waals surface area (Å²) in [7, 11) is 0. The number of aliphatic hydroxyl groups excluding tert-OH is 10. The third-order valence-electron chi connectivity index (χ3n) is 9.51. The third kappa shape index (κ3) is 9.68. The summed E-state index contributed by atoms with van der Waals surface area (Å²) >= 11 is 0. The number of imidazole rings is 1. The second kappa shape index (κ2) is 18.6. The maximum absolute atomic E-state index is 13.0. The molecule has 0 radical (unpaired) electrons. The number of amides is 1. The fourth-order valence-corrected chi connectivity index (χ4v) is 6.54. The van der Waals surface area contributed by atoms with Crippen molar-refractivity contribution in [3.05, 3.63) is 29.6 Å². The first-order chi connectivity index (χ1) is 22.8. The van der Waals surface area contributed by atoms with Crippen molar-refractivity contribution >= 4 is 16.9 Å². The van der Waals surface area contributed by atoms with E-state index >= 15 is 0 Å². The normalized spacial score (nSPS) is 20.0. The minimum atomic E-state index is -1.85. The van der Waals surface area contributed by atoms with Crippen LogP contribution in [0.5, 0.6) is 0 Å². The fraction of sp³-hybridized carbons (Fsp3) is 0.750. The van der Waals surface area contributed by atoms with Crippen LogP contribution >= 0.6 is 0 Å². The second-order valence-corrected chi connectivity index (χ2v) is 12.6. The predicted octanol–water partition coefficient (Wildman–Crippen LogP) is -4.35. The lowest BCUT2D eigenvalue weighted by atomic mass is 9.97. The Labute approximate surface area is 280 Å². The number of hydrogen-bond acceptors (Lipinski definition) is 13. The summed E-state index contributed by atoms with van der Waals surface area (Å²) in [5.74, 6) is 0.951. The first-order valence-electron chi connectivity index (χ1n) is 16.7. The lowest BCUT2D eigenvalue weighted by Gasteiger charge is -2.41. The van der Waals surface area contributed by atoms with Gasteiger partial charge in [0.15, 0.2) is 11.0 Å². The van der Waals surface area contributed by atoms with Crippen molar-refractivity contribution < 1.29 is 60.4 Å². The molecule has 3 rings (SSSR count). The van der Waals surface area contributed by atoms with Gasteiger partial charge in [0.25, 0.3) is 11.7 Å². The molecule has 16 heteroatoms. The minimum Gasteiger partial charge on any atom is -0.394 e. The van der Waals surface area contributed by atoms with E-state index in [4.69, 9.17) is 10.2 Å². The summed E-state index contributed by atoms with van der Waals surface area (Å²) in [6.45, 7) is 7.69. The zero-order chi connectivity index (χ0) is 35.7. The van der Waals surface area contributed by atoms with E-state index in [1.165, 1.54) is 0 Å². The molecular weight excluding hydrogens is 630 g/mol. The largest absolute Gasteiger partial charge is 0.394 e. The lowest BCUT2D eigenvalue weighted by molar-refractivity contribution is -0.674. The Morgan fingerprint density at radius 2 is 1.40 bits per heavy atom. The van der Waals surface area contributed by atoms with Gasteiger partial charge in [-0.25, -0.2) is 9.13 Å². The van der Waals surface area contributed by atoms with Crippen LogP contribution in [0, 0.1) is 6.92 Å². The van der Waals surface area contributed by atoms with Gasteiger partial charge in [-0.1, -0.05) is 0 Å². The molecule has 1 aliphatic rings. The zero-order valence-electron chi connectivity index (χ0n) is 28.1. The average Bonchev–Trinajstić information content (AvgIpc) is 3.38. The van der Waals surface area contributed by atoms with Gasteiger partial charge >= 0.3 is 0 Å². The summed E-state index contributed by atoms with van der Waals surface area (Å²) in [6, 6.07) is 5.43. The zero-order valence-corrected chi connectivity index (χ0v) is 28.1. The number of carbonyl (C=O) groups is 1. The summed E-state index contributed by atoms with van der Waals surface area (Å²) < 4.78 is 4.40. The number of aromatic nitrogens is 2. The van der Waals surface area contributed by atoms with Gasteiger partial charge in [-0.15, -0.1) is 0 Å². The molecule has 1 aromatic carbocycles. The van der Waals surface area contributed by atoms with Crippen LogP contribution in [0.4, 0.5) is 0 Å². The number of rotatable bonds is 19.